The number of hydrogen-bond donors (Lipinski definition) is 1. The van der Waals surface area contributed by atoms with Crippen LogP contribution in [0.4, 0.5) is 5.69 Å². The lowest BCUT2D eigenvalue weighted by Crippen LogP contribution is -2.13. The molecule has 0 spiro atoms. The van der Waals surface area contributed by atoms with E-state index in [2.05, 4.69) is 15.5 Å². The summed E-state index contributed by atoms with van der Waals surface area (Å²) in [5.74, 6) is 0. The Morgan fingerprint density at radius 1 is 1.08 bits per heavy atom. The third kappa shape index (κ3) is 3.66. The van der Waals surface area contributed by atoms with Gasteiger partial charge in [-0.1, -0.05) is 30.3 Å². The number of aliphatic imine (C=N–C) groups is 1. The molecule has 0 aliphatic heterocycles. The molecule has 0 saturated heterocycles. The Labute approximate surface area is 145 Å². The Morgan fingerprint density at radius 3 is 2.56 bits per heavy atom. The molecule has 0 atom stereocenters. The number of rotatable bonds is 4. The molecule has 126 valence electrons. The molecule has 1 N–H and O–H groups in total. The minimum absolute atomic E-state index is 0.325. The number of hydrazone groups is 1. The number of benzene rings is 2. The summed E-state index contributed by atoms with van der Waals surface area (Å²) in [6, 6.07) is 17.3. The number of aryl methyl sites for hydroxylation is 1. The van der Waals surface area contributed by atoms with Gasteiger partial charge in [0.1, 0.15) is 5.58 Å². The summed E-state index contributed by atoms with van der Waals surface area (Å²) in [6.07, 6.45) is 0. The van der Waals surface area contributed by atoms with Crippen LogP contribution in [0.1, 0.15) is 18.1 Å². The van der Waals surface area contributed by atoms with Crippen LogP contribution in [0.2, 0.25) is 0 Å². The van der Waals surface area contributed by atoms with Gasteiger partial charge < -0.3 is 4.42 Å². The molecule has 1 heterocycles. The number of fused-ring (bicyclic) bond motifs is 1. The lowest BCUT2D eigenvalue weighted by Gasteiger charge is -2.07. The van der Waals surface area contributed by atoms with E-state index < -0.39 is 0 Å². The second-order valence-electron chi connectivity index (χ2n) is 5.72. The van der Waals surface area contributed by atoms with Crippen molar-refractivity contribution in [2.75, 3.05) is 12.5 Å². The molecule has 0 fully saturated rings. The molecule has 2 aromatic carbocycles. The second-order valence-corrected chi connectivity index (χ2v) is 5.72. The summed E-state index contributed by atoms with van der Waals surface area (Å²) in [5.41, 5.74) is 7.12. The van der Waals surface area contributed by atoms with Gasteiger partial charge in [-0.15, -0.1) is 0 Å². The molecule has 0 radical (unpaired) electrons. The zero-order chi connectivity index (χ0) is 17.8. The molecule has 3 rings (SSSR count). The van der Waals surface area contributed by atoms with Crippen LogP contribution >= 0.6 is 0 Å². The van der Waals surface area contributed by atoms with Crippen LogP contribution in [0.25, 0.3) is 11.0 Å². The first-order valence-electron chi connectivity index (χ1n) is 7.96. The molecule has 1 aromatic heterocycles. The highest BCUT2D eigenvalue weighted by Gasteiger charge is 2.07. The summed E-state index contributed by atoms with van der Waals surface area (Å²) < 4.78 is 5.31. The Bertz CT molecular complexity index is 1020. The summed E-state index contributed by atoms with van der Waals surface area (Å²) in [5, 5.41) is 5.28. The van der Waals surface area contributed by atoms with E-state index in [0.717, 1.165) is 28.1 Å². The van der Waals surface area contributed by atoms with Crippen LogP contribution in [0, 0.1) is 6.92 Å². The minimum atomic E-state index is -0.325. The molecule has 0 unspecified atom stereocenters. The molecule has 0 amide bonds. The first kappa shape index (κ1) is 16.6. The Kier molecular flexibility index (Phi) is 4.75. The number of anilines is 1. The van der Waals surface area contributed by atoms with Crippen molar-refractivity contribution in [1.82, 2.24) is 0 Å². The third-order valence-electron chi connectivity index (χ3n) is 3.88. The number of nitrogens with zero attached hydrogens (tertiary/aromatic N) is 2. The lowest BCUT2D eigenvalue weighted by molar-refractivity contribution is 0.555. The molecule has 25 heavy (non-hydrogen) atoms. The molecule has 3 aromatic rings. The topological polar surface area (TPSA) is 67.0 Å². The predicted molar refractivity (Wildman–Crippen MR) is 103 cm³/mol. The van der Waals surface area contributed by atoms with E-state index in [0.29, 0.717) is 11.1 Å². The van der Waals surface area contributed by atoms with E-state index in [1.165, 1.54) is 0 Å². The van der Waals surface area contributed by atoms with E-state index in [-0.39, 0.29) is 5.63 Å². The Morgan fingerprint density at radius 2 is 1.84 bits per heavy atom. The van der Waals surface area contributed by atoms with Crippen molar-refractivity contribution in [3.8, 4) is 0 Å². The summed E-state index contributed by atoms with van der Waals surface area (Å²) in [7, 11) is 1.74. The molecule has 0 aliphatic rings. The molecule has 5 heteroatoms. The van der Waals surface area contributed by atoms with Crippen molar-refractivity contribution >= 4 is 28.1 Å². The third-order valence-corrected chi connectivity index (χ3v) is 3.88. The van der Waals surface area contributed by atoms with Crippen molar-refractivity contribution in [2.24, 2.45) is 10.1 Å². The van der Waals surface area contributed by atoms with Gasteiger partial charge in [-0.25, -0.2) is 4.79 Å². The summed E-state index contributed by atoms with van der Waals surface area (Å²) in [6.45, 7) is 3.63. The van der Waals surface area contributed by atoms with Crippen molar-refractivity contribution < 1.29 is 4.42 Å². The van der Waals surface area contributed by atoms with Gasteiger partial charge in [0.2, 0.25) is 0 Å². The van der Waals surface area contributed by atoms with Gasteiger partial charge in [-0.05, 0) is 32.0 Å². The maximum absolute atomic E-state index is 11.7. The van der Waals surface area contributed by atoms with Gasteiger partial charge in [0.25, 0.3) is 0 Å². The fourth-order valence-corrected chi connectivity index (χ4v) is 2.58. The Balaban J connectivity index is 1.86. The first-order chi connectivity index (χ1) is 12.1. The fourth-order valence-electron chi connectivity index (χ4n) is 2.58. The van der Waals surface area contributed by atoms with Crippen molar-refractivity contribution in [3.05, 3.63) is 76.1 Å². The van der Waals surface area contributed by atoms with Gasteiger partial charge >= 0.3 is 5.63 Å². The summed E-state index contributed by atoms with van der Waals surface area (Å²) in [4.78, 5) is 16.0. The molecule has 0 bridgehead atoms. The maximum Gasteiger partial charge on any atom is 0.339 e. The Hall–Kier alpha value is -3.21. The van der Waals surface area contributed by atoms with Gasteiger partial charge in [-0.3, -0.25) is 10.4 Å². The standard InChI is InChI=1S/C20H19N3O2/c1-13-11-16-9-10-17(12-18(16)25-20(13)24)23-22-14(2)19(21-3)15-7-5-4-6-8-15/h4-12,23H,1-3H3/b21-19?,22-14+. The monoisotopic (exact) mass is 333 g/mol. The van der Waals surface area contributed by atoms with E-state index in [1.54, 1.807) is 20.0 Å². The highest BCUT2D eigenvalue weighted by molar-refractivity contribution is 6.47. The number of nitrogens with one attached hydrogen (secondary N) is 1. The number of hydrogen-bond acceptors (Lipinski definition) is 5. The van der Waals surface area contributed by atoms with Crippen LogP contribution in [0.15, 0.2) is 73.9 Å². The highest BCUT2D eigenvalue weighted by Crippen LogP contribution is 2.18. The van der Waals surface area contributed by atoms with Crippen LogP contribution in [0.5, 0.6) is 0 Å². The van der Waals surface area contributed by atoms with Crippen LogP contribution < -0.4 is 11.1 Å². The predicted octanol–water partition coefficient (Wildman–Crippen LogP) is 4.01. The largest absolute Gasteiger partial charge is 0.422 e. The molecule has 5 nitrogen and oxygen atoms in total. The minimum Gasteiger partial charge on any atom is -0.422 e. The molecule has 0 saturated carbocycles. The molecular formula is C20H19N3O2. The SMILES string of the molecule is CN=C(/C(C)=N/Nc1ccc2cc(C)c(=O)oc2c1)c1ccccc1. The maximum atomic E-state index is 11.7. The van der Waals surface area contributed by atoms with Crippen LogP contribution in [-0.4, -0.2) is 18.5 Å². The van der Waals surface area contributed by atoms with Gasteiger partial charge in [0.15, 0.2) is 0 Å². The van der Waals surface area contributed by atoms with Crippen LogP contribution in [0.3, 0.4) is 0 Å². The van der Waals surface area contributed by atoms with E-state index in [9.17, 15) is 4.79 Å². The molecule has 0 aliphatic carbocycles. The highest BCUT2D eigenvalue weighted by atomic mass is 16.4. The lowest BCUT2D eigenvalue weighted by atomic mass is 10.1. The average Bonchev–Trinajstić information content (AvgIpc) is 2.62. The normalized spacial score (nSPS) is 12.4. The van der Waals surface area contributed by atoms with Gasteiger partial charge in [-0.2, -0.15) is 5.10 Å². The van der Waals surface area contributed by atoms with Crippen LogP contribution in [-0.2, 0) is 0 Å². The van der Waals surface area contributed by atoms with Crippen molar-refractivity contribution in [3.63, 3.8) is 0 Å². The van der Waals surface area contributed by atoms with E-state index >= 15 is 0 Å². The van der Waals surface area contributed by atoms with Gasteiger partial charge in [0.05, 0.1) is 17.1 Å². The smallest absolute Gasteiger partial charge is 0.339 e. The quantitative estimate of drug-likeness (QED) is 0.446. The zero-order valence-electron chi connectivity index (χ0n) is 14.4. The molecular weight excluding hydrogens is 314 g/mol. The summed E-state index contributed by atoms with van der Waals surface area (Å²) >= 11 is 0. The van der Waals surface area contributed by atoms with E-state index in [4.69, 9.17) is 4.42 Å². The fraction of sp³-hybridized carbons (Fsp3) is 0.150. The van der Waals surface area contributed by atoms with Crippen molar-refractivity contribution in [2.45, 2.75) is 13.8 Å². The average molecular weight is 333 g/mol. The van der Waals surface area contributed by atoms with Crippen molar-refractivity contribution in [1.29, 1.82) is 0 Å². The second kappa shape index (κ2) is 7.13. The zero-order valence-corrected chi connectivity index (χ0v) is 14.4. The first-order valence-corrected chi connectivity index (χ1v) is 7.96. The van der Waals surface area contributed by atoms with E-state index in [1.807, 2.05) is 55.5 Å². The van der Waals surface area contributed by atoms with Gasteiger partial charge in [0, 0.05) is 29.6 Å².